The van der Waals surface area contributed by atoms with Crippen LogP contribution in [0.2, 0.25) is 0 Å². The number of amides is 1. The number of hydrogen-bond donors (Lipinski definition) is 1. The second-order valence-corrected chi connectivity index (χ2v) is 6.97. The molecule has 0 bridgehead atoms. The Bertz CT molecular complexity index is 809. The van der Waals surface area contributed by atoms with Crippen LogP contribution in [0.3, 0.4) is 0 Å². The first-order valence-corrected chi connectivity index (χ1v) is 8.61. The lowest BCUT2D eigenvalue weighted by Gasteiger charge is -2.32. The molecule has 5 nitrogen and oxygen atoms in total. The molecule has 24 heavy (non-hydrogen) atoms. The van der Waals surface area contributed by atoms with Crippen molar-refractivity contribution >= 4 is 22.8 Å². The number of aliphatic carboxylic acids is 1. The summed E-state index contributed by atoms with van der Waals surface area (Å²) in [5.74, 6) is -0.598. The molecule has 1 aromatic carbocycles. The summed E-state index contributed by atoms with van der Waals surface area (Å²) >= 11 is 0. The van der Waals surface area contributed by atoms with Gasteiger partial charge in [-0.25, -0.2) is 4.79 Å². The van der Waals surface area contributed by atoms with E-state index in [9.17, 15) is 14.7 Å². The zero-order valence-corrected chi connectivity index (χ0v) is 13.7. The van der Waals surface area contributed by atoms with E-state index in [1.54, 1.807) is 4.90 Å². The number of hydrogen-bond acceptors (Lipinski definition) is 3. The van der Waals surface area contributed by atoms with Crippen molar-refractivity contribution in [3.63, 3.8) is 0 Å². The number of fused-ring (bicyclic) bond motifs is 2. The Kier molecular flexibility index (Phi) is 3.59. The van der Waals surface area contributed by atoms with Crippen molar-refractivity contribution in [3.8, 4) is 0 Å². The minimum atomic E-state index is -0.911. The monoisotopic (exact) mass is 327 g/mol. The number of carboxylic acid groups (broad SMARTS) is 1. The Morgan fingerprint density at radius 1 is 1.21 bits per heavy atom. The summed E-state index contributed by atoms with van der Waals surface area (Å²) in [5.41, 5.74) is 1.46. The third kappa shape index (κ3) is 2.22. The molecule has 3 unspecified atom stereocenters. The van der Waals surface area contributed by atoms with E-state index in [2.05, 4.69) is 0 Å². The van der Waals surface area contributed by atoms with Crippen molar-refractivity contribution in [1.29, 1.82) is 0 Å². The Balaban J connectivity index is 1.75. The largest absolute Gasteiger partial charge is 0.480 e. The van der Waals surface area contributed by atoms with E-state index >= 15 is 0 Å². The van der Waals surface area contributed by atoms with Gasteiger partial charge < -0.3 is 14.4 Å². The molecule has 2 fully saturated rings. The van der Waals surface area contributed by atoms with Crippen molar-refractivity contribution < 1.29 is 19.1 Å². The summed E-state index contributed by atoms with van der Waals surface area (Å²) in [6, 6.07) is 6.82. The van der Waals surface area contributed by atoms with Crippen LogP contribution in [0.5, 0.6) is 0 Å². The molecule has 1 aliphatic heterocycles. The van der Waals surface area contributed by atoms with E-state index in [4.69, 9.17) is 4.42 Å². The molecule has 2 heterocycles. The topological polar surface area (TPSA) is 70.8 Å². The number of benzene rings is 1. The van der Waals surface area contributed by atoms with Crippen LogP contribution in [-0.4, -0.2) is 34.0 Å². The third-order valence-corrected chi connectivity index (χ3v) is 5.65. The third-order valence-electron chi connectivity index (χ3n) is 5.65. The van der Waals surface area contributed by atoms with Crippen LogP contribution >= 0.6 is 0 Å². The summed E-state index contributed by atoms with van der Waals surface area (Å²) < 4.78 is 5.80. The highest BCUT2D eigenvalue weighted by Crippen LogP contribution is 2.41. The van der Waals surface area contributed by atoms with Gasteiger partial charge in [-0.15, -0.1) is 0 Å². The molecule has 1 amide bonds. The van der Waals surface area contributed by atoms with E-state index < -0.39 is 12.0 Å². The number of furan rings is 1. The van der Waals surface area contributed by atoms with Gasteiger partial charge in [-0.3, -0.25) is 4.79 Å². The standard InChI is InChI=1S/C19H21NO4/c1-11-13-7-3-5-9-16(13)24-17(11)18(21)20-14-8-4-2-6-12(14)10-15(20)19(22)23/h3,5,7,9,12,14-15H,2,4,6,8,10H2,1H3,(H,22,23). The fraction of sp³-hybridized carbons (Fsp3) is 0.474. The normalized spacial score (nSPS) is 26.5. The molecule has 1 saturated heterocycles. The molecule has 4 rings (SSSR count). The summed E-state index contributed by atoms with van der Waals surface area (Å²) in [6.45, 7) is 1.86. The van der Waals surface area contributed by atoms with Crippen LogP contribution in [0.15, 0.2) is 28.7 Å². The van der Waals surface area contributed by atoms with Crippen molar-refractivity contribution in [2.75, 3.05) is 0 Å². The molecular formula is C19H21NO4. The molecular weight excluding hydrogens is 306 g/mol. The molecule has 3 atom stereocenters. The lowest BCUT2D eigenvalue weighted by molar-refractivity contribution is -0.141. The Hall–Kier alpha value is -2.30. The predicted molar refractivity (Wildman–Crippen MR) is 88.9 cm³/mol. The molecule has 1 aromatic heterocycles. The van der Waals surface area contributed by atoms with Crippen LogP contribution in [-0.2, 0) is 4.79 Å². The predicted octanol–water partition coefficient (Wildman–Crippen LogP) is 3.60. The Morgan fingerprint density at radius 2 is 1.96 bits per heavy atom. The fourth-order valence-electron chi connectivity index (χ4n) is 4.47. The van der Waals surface area contributed by atoms with Gasteiger partial charge in [0.25, 0.3) is 5.91 Å². The van der Waals surface area contributed by atoms with E-state index in [0.717, 1.165) is 36.6 Å². The van der Waals surface area contributed by atoms with Crippen molar-refractivity contribution in [2.24, 2.45) is 5.92 Å². The minimum Gasteiger partial charge on any atom is -0.480 e. The maximum Gasteiger partial charge on any atom is 0.326 e. The van der Waals surface area contributed by atoms with E-state index in [1.165, 1.54) is 0 Å². The van der Waals surface area contributed by atoms with Gasteiger partial charge in [0, 0.05) is 17.0 Å². The first-order chi connectivity index (χ1) is 11.6. The Labute approximate surface area is 140 Å². The first-order valence-electron chi connectivity index (χ1n) is 8.61. The summed E-state index contributed by atoms with van der Waals surface area (Å²) in [7, 11) is 0. The van der Waals surface area contributed by atoms with Crippen molar-refractivity contribution in [3.05, 3.63) is 35.6 Å². The summed E-state index contributed by atoms with van der Waals surface area (Å²) in [4.78, 5) is 26.5. The lowest BCUT2D eigenvalue weighted by atomic mass is 9.84. The Morgan fingerprint density at radius 3 is 2.71 bits per heavy atom. The van der Waals surface area contributed by atoms with Gasteiger partial charge in [0.05, 0.1) is 0 Å². The van der Waals surface area contributed by atoms with Crippen LogP contribution in [0.25, 0.3) is 11.0 Å². The molecule has 2 aromatic rings. The van der Waals surface area contributed by atoms with Crippen LogP contribution in [0.1, 0.15) is 48.2 Å². The highest BCUT2D eigenvalue weighted by molar-refractivity contribution is 6.00. The van der Waals surface area contributed by atoms with E-state index in [0.29, 0.717) is 17.9 Å². The van der Waals surface area contributed by atoms with Gasteiger partial charge in [-0.05, 0) is 38.2 Å². The first kappa shape index (κ1) is 15.2. The van der Waals surface area contributed by atoms with Gasteiger partial charge in [-0.1, -0.05) is 31.0 Å². The second-order valence-electron chi connectivity index (χ2n) is 6.97. The molecule has 1 N–H and O–H groups in total. The fourth-order valence-corrected chi connectivity index (χ4v) is 4.47. The van der Waals surface area contributed by atoms with Gasteiger partial charge in [0.1, 0.15) is 11.6 Å². The average Bonchev–Trinajstić information content (AvgIpc) is 3.13. The number of nitrogens with zero attached hydrogens (tertiary/aromatic N) is 1. The zero-order valence-electron chi connectivity index (χ0n) is 13.7. The van der Waals surface area contributed by atoms with E-state index in [-0.39, 0.29) is 17.7 Å². The van der Waals surface area contributed by atoms with Crippen molar-refractivity contribution in [1.82, 2.24) is 4.90 Å². The maximum absolute atomic E-state index is 13.2. The number of carbonyl (C=O) groups is 2. The van der Waals surface area contributed by atoms with Gasteiger partial charge >= 0.3 is 5.97 Å². The molecule has 0 spiro atoms. The molecule has 1 saturated carbocycles. The highest BCUT2D eigenvalue weighted by Gasteiger charge is 2.48. The molecule has 2 aliphatic rings. The minimum absolute atomic E-state index is 0.0277. The van der Waals surface area contributed by atoms with Crippen LogP contribution in [0.4, 0.5) is 0 Å². The number of rotatable bonds is 2. The summed E-state index contributed by atoms with van der Waals surface area (Å²) in [6.07, 6.45) is 4.64. The number of carbonyl (C=O) groups excluding carboxylic acids is 1. The SMILES string of the molecule is Cc1c(C(=O)N2C(C(=O)O)CC3CCCCC32)oc2ccccc12. The quantitative estimate of drug-likeness (QED) is 0.915. The summed E-state index contributed by atoms with van der Waals surface area (Å²) in [5, 5.41) is 10.5. The number of likely N-dealkylation sites (tertiary alicyclic amines) is 1. The lowest BCUT2D eigenvalue weighted by Crippen LogP contribution is -2.46. The smallest absolute Gasteiger partial charge is 0.326 e. The molecule has 126 valence electrons. The second kappa shape index (κ2) is 5.65. The van der Waals surface area contributed by atoms with E-state index in [1.807, 2.05) is 31.2 Å². The van der Waals surface area contributed by atoms with Gasteiger partial charge in [0.2, 0.25) is 0 Å². The number of para-hydroxylation sites is 1. The van der Waals surface area contributed by atoms with Gasteiger partial charge in [0.15, 0.2) is 5.76 Å². The number of carboxylic acids is 1. The van der Waals surface area contributed by atoms with Crippen LogP contribution < -0.4 is 0 Å². The molecule has 1 aliphatic carbocycles. The highest BCUT2D eigenvalue weighted by atomic mass is 16.4. The van der Waals surface area contributed by atoms with Crippen LogP contribution in [0, 0.1) is 12.8 Å². The molecule has 0 radical (unpaired) electrons. The molecule has 5 heteroatoms. The zero-order chi connectivity index (χ0) is 16.8. The number of aryl methyl sites for hydroxylation is 1. The maximum atomic E-state index is 13.2. The van der Waals surface area contributed by atoms with Gasteiger partial charge in [-0.2, -0.15) is 0 Å². The average molecular weight is 327 g/mol. The van der Waals surface area contributed by atoms with Crippen molar-refractivity contribution in [2.45, 2.75) is 51.1 Å².